The molecule has 4 rings (SSSR count). The van der Waals surface area contributed by atoms with Crippen molar-refractivity contribution in [3.63, 3.8) is 0 Å². The normalized spacial score (nSPS) is 23.6. The van der Waals surface area contributed by atoms with Crippen LogP contribution in [0.15, 0.2) is 41.1 Å². The molecule has 0 spiro atoms. The quantitative estimate of drug-likeness (QED) is 0.792. The Hall–Kier alpha value is -2.34. The molecule has 3 heterocycles. The number of ether oxygens (including phenoxy) is 1. The highest BCUT2D eigenvalue weighted by molar-refractivity contribution is 5.92. The predicted molar refractivity (Wildman–Crippen MR) is 106 cm³/mol. The van der Waals surface area contributed by atoms with E-state index >= 15 is 0 Å². The standard InChI is InChI=1S/C22H29N3O3/c1-15(2)25-13-19(28-18-7-5-4-6-8-18)20(25)17-9-11-24(12-10-17)22(26)21-16(3)23-14-27-21/h4-8,14-15,17,19-20H,9-13H2,1-3H3. The predicted octanol–water partition coefficient (Wildman–Crippen LogP) is 3.38. The van der Waals surface area contributed by atoms with Crippen molar-refractivity contribution in [1.29, 1.82) is 0 Å². The van der Waals surface area contributed by atoms with E-state index in [1.54, 1.807) is 0 Å². The molecule has 0 aliphatic carbocycles. The molecular formula is C22H29N3O3. The molecule has 28 heavy (non-hydrogen) atoms. The maximum atomic E-state index is 12.7. The first kappa shape index (κ1) is 19.0. The minimum Gasteiger partial charge on any atom is -0.487 e. The number of hydrogen-bond acceptors (Lipinski definition) is 5. The van der Waals surface area contributed by atoms with E-state index in [0.717, 1.165) is 38.2 Å². The SMILES string of the molecule is Cc1ncoc1C(=O)N1CCC(C2C(Oc3ccccc3)CN2C(C)C)CC1. The molecular weight excluding hydrogens is 354 g/mol. The summed E-state index contributed by atoms with van der Waals surface area (Å²) in [4.78, 5) is 21.2. The van der Waals surface area contributed by atoms with Crippen LogP contribution in [0.3, 0.4) is 0 Å². The number of rotatable bonds is 5. The summed E-state index contributed by atoms with van der Waals surface area (Å²) in [5, 5.41) is 0. The lowest BCUT2D eigenvalue weighted by Gasteiger charge is -2.54. The second kappa shape index (κ2) is 7.95. The van der Waals surface area contributed by atoms with E-state index in [1.165, 1.54) is 6.39 Å². The number of benzene rings is 1. The second-order valence-electron chi connectivity index (χ2n) is 8.15. The Morgan fingerprint density at radius 3 is 2.54 bits per heavy atom. The lowest BCUT2D eigenvalue weighted by atomic mass is 9.79. The van der Waals surface area contributed by atoms with Gasteiger partial charge in [-0.05, 0) is 51.7 Å². The van der Waals surface area contributed by atoms with Crippen molar-refractivity contribution in [2.75, 3.05) is 19.6 Å². The zero-order valence-corrected chi connectivity index (χ0v) is 16.9. The van der Waals surface area contributed by atoms with Gasteiger partial charge in [0.15, 0.2) is 6.39 Å². The lowest BCUT2D eigenvalue weighted by Crippen LogP contribution is -2.68. The third-order valence-electron chi connectivity index (χ3n) is 6.10. The fourth-order valence-corrected chi connectivity index (χ4v) is 4.52. The number of nitrogens with zero attached hydrogens (tertiary/aromatic N) is 3. The highest BCUT2D eigenvalue weighted by Gasteiger charge is 2.47. The van der Waals surface area contributed by atoms with Crippen LogP contribution in [0.2, 0.25) is 0 Å². The number of para-hydroxylation sites is 1. The minimum atomic E-state index is -0.0418. The van der Waals surface area contributed by atoms with E-state index in [0.29, 0.717) is 29.5 Å². The number of likely N-dealkylation sites (tertiary alicyclic amines) is 2. The Bertz CT molecular complexity index is 796. The van der Waals surface area contributed by atoms with Gasteiger partial charge in [-0.2, -0.15) is 0 Å². The Balaban J connectivity index is 1.39. The Morgan fingerprint density at radius 2 is 1.93 bits per heavy atom. The molecule has 2 aromatic rings. The van der Waals surface area contributed by atoms with E-state index in [9.17, 15) is 4.79 Å². The number of piperidine rings is 1. The molecule has 6 nitrogen and oxygen atoms in total. The van der Waals surface area contributed by atoms with Crippen molar-refractivity contribution in [3.05, 3.63) is 48.2 Å². The van der Waals surface area contributed by atoms with E-state index < -0.39 is 0 Å². The summed E-state index contributed by atoms with van der Waals surface area (Å²) < 4.78 is 11.6. The van der Waals surface area contributed by atoms with Crippen LogP contribution < -0.4 is 4.74 Å². The van der Waals surface area contributed by atoms with Crippen molar-refractivity contribution in [2.24, 2.45) is 5.92 Å². The van der Waals surface area contributed by atoms with Crippen LogP contribution in [0.1, 0.15) is 42.9 Å². The van der Waals surface area contributed by atoms with Gasteiger partial charge in [-0.1, -0.05) is 18.2 Å². The summed E-state index contributed by atoms with van der Waals surface area (Å²) in [6, 6.07) is 11.0. The number of oxazole rings is 1. The maximum Gasteiger partial charge on any atom is 0.291 e. The molecule has 2 fully saturated rings. The Morgan fingerprint density at radius 1 is 1.21 bits per heavy atom. The molecule has 0 N–H and O–H groups in total. The van der Waals surface area contributed by atoms with Crippen molar-refractivity contribution < 1.29 is 13.9 Å². The van der Waals surface area contributed by atoms with Crippen LogP contribution in [0.5, 0.6) is 5.75 Å². The molecule has 2 unspecified atom stereocenters. The van der Waals surface area contributed by atoms with Gasteiger partial charge in [-0.3, -0.25) is 9.69 Å². The summed E-state index contributed by atoms with van der Waals surface area (Å²) in [5.41, 5.74) is 0.661. The summed E-state index contributed by atoms with van der Waals surface area (Å²) in [6.45, 7) is 8.78. The molecule has 1 amide bonds. The van der Waals surface area contributed by atoms with Crippen molar-refractivity contribution in [3.8, 4) is 5.75 Å². The fourth-order valence-electron chi connectivity index (χ4n) is 4.52. The molecule has 6 heteroatoms. The van der Waals surface area contributed by atoms with Crippen LogP contribution in [0, 0.1) is 12.8 Å². The van der Waals surface area contributed by atoms with Crippen LogP contribution in [-0.4, -0.2) is 58.5 Å². The Kier molecular flexibility index (Phi) is 5.40. The largest absolute Gasteiger partial charge is 0.487 e. The van der Waals surface area contributed by atoms with Crippen LogP contribution in [0.4, 0.5) is 0 Å². The molecule has 1 aromatic carbocycles. The highest BCUT2D eigenvalue weighted by Crippen LogP contribution is 2.36. The van der Waals surface area contributed by atoms with Gasteiger partial charge in [0.25, 0.3) is 5.91 Å². The third kappa shape index (κ3) is 3.65. The minimum absolute atomic E-state index is 0.0418. The van der Waals surface area contributed by atoms with Gasteiger partial charge in [0, 0.05) is 25.7 Å². The molecule has 2 atom stereocenters. The summed E-state index contributed by atoms with van der Waals surface area (Å²) in [7, 11) is 0. The van der Waals surface area contributed by atoms with Crippen LogP contribution >= 0.6 is 0 Å². The molecule has 0 saturated carbocycles. The van der Waals surface area contributed by atoms with Crippen LogP contribution in [-0.2, 0) is 0 Å². The summed E-state index contributed by atoms with van der Waals surface area (Å²) in [6.07, 6.45) is 3.53. The van der Waals surface area contributed by atoms with Gasteiger partial charge in [-0.15, -0.1) is 0 Å². The van der Waals surface area contributed by atoms with Crippen LogP contribution in [0.25, 0.3) is 0 Å². The first-order valence-electron chi connectivity index (χ1n) is 10.2. The number of carbonyl (C=O) groups is 1. The van der Waals surface area contributed by atoms with Gasteiger partial charge in [0.2, 0.25) is 5.76 Å². The molecule has 2 aliphatic rings. The summed E-state index contributed by atoms with van der Waals surface area (Å²) in [5.74, 6) is 1.80. The fraction of sp³-hybridized carbons (Fsp3) is 0.545. The lowest BCUT2D eigenvalue weighted by molar-refractivity contribution is -0.0984. The van der Waals surface area contributed by atoms with Gasteiger partial charge in [0.05, 0.1) is 11.7 Å². The number of aromatic nitrogens is 1. The van der Waals surface area contributed by atoms with E-state index in [-0.39, 0.29) is 12.0 Å². The first-order valence-corrected chi connectivity index (χ1v) is 10.2. The number of carbonyl (C=O) groups excluding carboxylic acids is 1. The highest BCUT2D eigenvalue weighted by atomic mass is 16.5. The third-order valence-corrected chi connectivity index (χ3v) is 6.10. The molecule has 1 aromatic heterocycles. The first-order chi connectivity index (χ1) is 13.5. The summed E-state index contributed by atoms with van der Waals surface area (Å²) >= 11 is 0. The van der Waals surface area contributed by atoms with E-state index in [4.69, 9.17) is 9.15 Å². The average molecular weight is 383 g/mol. The van der Waals surface area contributed by atoms with Crippen molar-refractivity contribution in [2.45, 2.75) is 51.8 Å². The Labute approximate surface area is 166 Å². The zero-order valence-electron chi connectivity index (χ0n) is 16.9. The van der Waals surface area contributed by atoms with Crippen molar-refractivity contribution >= 4 is 5.91 Å². The second-order valence-corrected chi connectivity index (χ2v) is 8.15. The van der Waals surface area contributed by atoms with E-state index in [1.807, 2.05) is 42.2 Å². The molecule has 150 valence electrons. The average Bonchev–Trinajstić information content (AvgIpc) is 3.11. The molecule has 0 radical (unpaired) electrons. The van der Waals surface area contributed by atoms with Crippen molar-refractivity contribution in [1.82, 2.24) is 14.8 Å². The van der Waals surface area contributed by atoms with Gasteiger partial charge in [0.1, 0.15) is 11.9 Å². The van der Waals surface area contributed by atoms with Gasteiger partial charge >= 0.3 is 0 Å². The van der Waals surface area contributed by atoms with Gasteiger partial charge in [-0.25, -0.2) is 4.98 Å². The monoisotopic (exact) mass is 383 g/mol. The zero-order chi connectivity index (χ0) is 19.7. The smallest absolute Gasteiger partial charge is 0.291 e. The molecule has 2 aliphatic heterocycles. The topological polar surface area (TPSA) is 58.8 Å². The number of aryl methyl sites for hydroxylation is 1. The van der Waals surface area contributed by atoms with E-state index in [2.05, 4.69) is 23.7 Å². The number of amides is 1. The molecule has 2 saturated heterocycles. The number of hydrogen-bond donors (Lipinski definition) is 0. The van der Waals surface area contributed by atoms with Gasteiger partial charge < -0.3 is 14.1 Å². The molecule has 0 bridgehead atoms. The maximum absolute atomic E-state index is 12.7.